The molecule has 0 saturated carbocycles. The first-order valence-electron chi connectivity index (χ1n) is 8.19. The second-order valence-electron chi connectivity index (χ2n) is 5.75. The summed E-state index contributed by atoms with van der Waals surface area (Å²) in [5.74, 6) is -0.547. The van der Waals surface area contributed by atoms with Crippen LogP contribution in [0, 0.1) is 0 Å². The normalized spacial score (nSPS) is 11.1. The molecule has 27 heavy (non-hydrogen) atoms. The summed E-state index contributed by atoms with van der Waals surface area (Å²) in [6.45, 7) is 1.79. The van der Waals surface area contributed by atoms with E-state index in [1.165, 1.54) is 4.68 Å². The lowest BCUT2D eigenvalue weighted by atomic mass is 10.1. The predicted molar refractivity (Wildman–Crippen MR) is 102 cm³/mol. The maximum absolute atomic E-state index is 12.2. The molecule has 2 aromatic heterocycles. The Balaban J connectivity index is 1.63. The van der Waals surface area contributed by atoms with Gasteiger partial charge in [-0.05, 0) is 42.8 Å². The van der Waals surface area contributed by atoms with Gasteiger partial charge in [0.2, 0.25) is 0 Å². The van der Waals surface area contributed by atoms with Crippen LogP contribution in [-0.2, 0) is 7.05 Å². The van der Waals surface area contributed by atoms with E-state index in [0.717, 1.165) is 5.56 Å². The van der Waals surface area contributed by atoms with Crippen LogP contribution in [0.5, 0.6) is 0 Å². The molecule has 0 atom stereocenters. The number of hydrogen-bond donors (Lipinski definition) is 2. The molecular formula is C19H18N6O2. The van der Waals surface area contributed by atoms with Gasteiger partial charge in [0.1, 0.15) is 5.69 Å². The molecule has 0 aliphatic rings. The van der Waals surface area contributed by atoms with Crippen molar-refractivity contribution >= 4 is 23.2 Å². The van der Waals surface area contributed by atoms with Gasteiger partial charge in [0.15, 0.2) is 0 Å². The minimum absolute atomic E-state index is 0.238. The van der Waals surface area contributed by atoms with E-state index in [2.05, 4.69) is 25.9 Å². The van der Waals surface area contributed by atoms with E-state index in [4.69, 9.17) is 0 Å². The fraction of sp³-hybridized carbons (Fsp3) is 0.105. The number of carbonyl (C=O) groups excluding carboxylic acids is 2. The highest BCUT2D eigenvalue weighted by Crippen LogP contribution is 2.12. The number of hydrazone groups is 1. The zero-order valence-corrected chi connectivity index (χ0v) is 14.9. The highest BCUT2D eigenvalue weighted by molar-refractivity contribution is 6.04. The van der Waals surface area contributed by atoms with Crippen LogP contribution in [-0.4, -0.2) is 32.3 Å². The highest BCUT2D eigenvalue weighted by atomic mass is 16.2. The van der Waals surface area contributed by atoms with Gasteiger partial charge in [-0.15, -0.1) is 0 Å². The Labute approximate surface area is 155 Å². The zero-order chi connectivity index (χ0) is 19.2. The van der Waals surface area contributed by atoms with Gasteiger partial charge in [-0.25, -0.2) is 5.43 Å². The average Bonchev–Trinajstić information content (AvgIpc) is 3.13. The first-order chi connectivity index (χ1) is 13.0. The lowest BCUT2D eigenvalue weighted by molar-refractivity contribution is 0.0953. The third-order valence-electron chi connectivity index (χ3n) is 3.88. The largest absolute Gasteiger partial charge is 0.321 e. The lowest BCUT2D eigenvalue weighted by Crippen LogP contribution is -2.19. The summed E-state index contributed by atoms with van der Waals surface area (Å²) >= 11 is 0. The van der Waals surface area contributed by atoms with Crippen molar-refractivity contribution in [3.05, 3.63) is 77.9 Å². The fourth-order valence-electron chi connectivity index (χ4n) is 2.35. The maximum atomic E-state index is 12.2. The van der Waals surface area contributed by atoms with Crippen LogP contribution >= 0.6 is 0 Å². The number of rotatable bonds is 5. The molecule has 0 unspecified atom stereocenters. The number of hydrogen-bond acceptors (Lipinski definition) is 5. The molecule has 0 saturated heterocycles. The summed E-state index contributed by atoms with van der Waals surface area (Å²) in [5.41, 5.74) is 5.57. The molecule has 0 radical (unpaired) electrons. The average molecular weight is 362 g/mol. The van der Waals surface area contributed by atoms with Gasteiger partial charge in [-0.2, -0.15) is 10.2 Å². The Morgan fingerprint density at radius 2 is 1.63 bits per heavy atom. The van der Waals surface area contributed by atoms with Crippen molar-refractivity contribution in [2.24, 2.45) is 12.1 Å². The standard InChI is InChI=1S/C19H18N6O2/c1-13(23-24-18(26)15-7-10-20-11-8-15)14-3-5-16(6-4-14)22-19(27)17-9-12-21-25(17)2/h3-12H,1-2H3,(H,22,27)(H,24,26)/b23-13-. The van der Waals surface area contributed by atoms with Crippen molar-refractivity contribution in [3.8, 4) is 0 Å². The number of anilines is 1. The number of amides is 2. The van der Waals surface area contributed by atoms with Crippen LogP contribution in [0.15, 0.2) is 66.2 Å². The molecule has 2 amide bonds. The zero-order valence-electron chi connectivity index (χ0n) is 14.9. The molecule has 0 bridgehead atoms. The summed E-state index contributed by atoms with van der Waals surface area (Å²) in [4.78, 5) is 28.0. The van der Waals surface area contributed by atoms with Crippen molar-refractivity contribution in [2.45, 2.75) is 6.92 Å². The Kier molecular flexibility index (Phi) is 5.36. The van der Waals surface area contributed by atoms with E-state index in [9.17, 15) is 9.59 Å². The van der Waals surface area contributed by atoms with E-state index in [0.29, 0.717) is 22.7 Å². The van der Waals surface area contributed by atoms with Crippen LogP contribution in [0.1, 0.15) is 33.3 Å². The van der Waals surface area contributed by atoms with Crippen LogP contribution in [0.4, 0.5) is 5.69 Å². The Hall–Kier alpha value is -3.81. The number of benzene rings is 1. The number of nitrogens with zero attached hydrogens (tertiary/aromatic N) is 4. The molecular weight excluding hydrogens is 344 g/mol. The van der Waals surface area contributed by atoms with Crippen LogP contribution in [0.25, 0.3) is 0 Å². The van der Waals surface area contributed by atoms with Crippen molar-refractivity contribution in [2.75, 3.05) is 5.32 Å². The van der Waals surface area contributed by atoms with Crippen LogP contribution in [0.3, 0.4) is 0 Å². The van der Waals surface area contributed by atoms with E-state index < -0.39 is 0 Å². The second-order valence-corrected chi connectivity index (χ2v) is 5.75. The monoisotopic (exact) mass is 362 g/mol. The van der Waals surface area contributed by atoms with Crippen LogP contribution < -0.4 is 10.7 Å². The summed E-state index contributed by atoms with van der Waals surface area (Å²) in [6, 6.07) is 12.0. The third-order valence-corrected chi connectivity index (χ3v) is 3.88. The number of aromatic nitrogens is 3. The first-order valence-corrected chi connectivity index (χ1v) is 8.19. The van der Waals surface area contributed by atoms with Gasteiger partial charge >= 0.3 is 0 Å². The van der Waals surface area contributed by atoms with E-state index >= 15 is 0 Å². The molecule has 0 spiro atoms. The predicted octanol–water partition coefficient (Wildman–Crippen LogP) is 2.22. The summed E-state index contributed by atoms with van der Waals surface area (Å²) in [7, 11) is 1.71. The topological polar surface area (TPSA) is 101 Å². The SMILES string of the molecule is C/C(=N/NC(=O)c1ccncc1)c1ccc(NC(=O)c2ccnn2C)cc1. The molecule has 0 aliphatic carbocycles. The summed E-state index contributed by atoms with van der Waals surface area (Å²) < 4.78 is 1.51. The van der Waals surface area contributed by atoms with Crippen molar-refractivity contribution in [1.29, 1.82) is 0 Å². The summed E-state index contributed by atoms with van der Waals surface area (Å²) in [6.07, 6.45) is 4.66. The minimum Gasteiger partial charge on any atom is -0.321 e. The Bertz CT molecular complexity index is 977. The molecule has 3 rings (SSSR count). The summed E-state index contributed by atoms with van der Waals surface area (Å²) in [5, 5.41) is 10.9. The van der Waals surface area contributed by atoms with Gasteiger partial charge in [-0.1, -0.05) is 12.1 Å². The number of carbonyl (C=O) groups is 2. The minimum atomic E-state index is -0.309. The van der Waals surface area contributed by atoms with Gasteiger partial charge in [0.25, 0.3) is 11.8 Å². The second kappa shape index (κ2) is 8.05. The maximum Gasteiger partial charge on any atom is 0.273 e. The Morgan fingerprint density at radius 3 is 2.26 bits per heavy atom. The molecule has 8 heteroatoms. The van der Waals surface area contributed by atoms with Gasteiger partial charge in [0, 0.05) is 36.9 Å². The van der Waals surface area contributed by atoms with Crippen molar-refractivity contribution in [1.82, 2.24) is 20.2 Å². The highest BCUT2D eigenvalue weighted by Gasteiger charge is 2.10. The molecule has 0 fully saturated rings. The number of nitrogens with one attached hydrogen (secondary N) is 2. The smallest absolute Gasteiger partial charge is 0.273 e. The van der Waals surface area contributed by atoms with E-state index in [1.807, 2.05) is 12.1 Å². The van der Waals surface area contributed by atoms with Gasteiger partial charge < -0.3 is 5.32 Å². The third kappa shape index (κ3) is 4.43. The van der Waals surface area contributed by atoms with Gasteiger partial charge in [0.05, 0.1) is 5.71 Å². The quantitative estimate of drug-likeness (QED) is 0.537. The molecule has 3 aromatic rings. The number of pyridine rings is 1. The molecule has 2 heterocycles. The Morgan fingerprint density at radius 1 is 0.926 bits per heavy atom. The molecule has 0 aliphatic heterocycles. The van der Waals surface area contributed by atoms with Crippen molar-refractivity contribution in [3.63, 3.8) is 0 Å². The first kappa shape index (κ1) is 18.0. The van der Waals surface area contributed by atoms with E-state index in [-0.39, 0.29) is 11.8 Å². The molecule has 2 N–H and O–H groups in total. The van der Waals surface area contributed by atoms with Gasteiger partial charge in [-0.3, -0.25) is 19.3 Å². The number of aryl methyl sites for hydroxylation is 1. The van der Waals surface area contributed by atoms with E-state index in [1.54, 1.807) is 62.9 Å². The van der Waals surface area contributed by atoms with Crippen molar-refractivity contribution < 1.29 is 9.59 Å². The fourth-order valence-corrected chi connectivity index (χ4v) is 2.35. The molecule has 136 valence electrons. The molecule has 1 aromatic carbocycles. The van der Waals surface area contributed by atoms with Crippen LogP contribution in [0.2, 0.25) is 0 Å². The molecule has 8 nitrogen and oxygen atoms in total. The lowest BCUT2D eigenvalue weighted by Gasteiger charge is -2.07.